The van der Waals surface area contributed by atoms with Crippen molar-refractivity contribution in [1.82, 2.24) is 15.2 Å². The van der Waals surface area contributed by atoms with Crippen molar-refractivity contribution in [1.29, 1.82) is 0 Å². The largest absolute Gasteiger partial charge is 0.350 e. The van der Waals surface area contributed by atoms with Gasteiger partial charge in [-0.15, -0.1) is 0 Å². The van der Waals surface area contributed by atoms with Crippen LogP contribution in [0.2, 0.25) is 0 Å². The van der Waals surface area contributed by atoms with Crippen LogP contribution in [-0.4, -0.2) is 24.2 Å². The molecule has 0 radical (unpaired) electrons. The Morgan fingerprint density at radius 3 is 2.94 bits per heavy atom. The van der Waals surface area contributed by atoms with Gasteiger partial charge in [0, 0.05) is 50.3 Å². The molecule has 3 heteroatoms. The van der Waals surface area contributed by atoms with E-state index in [9.17, 15) is 0 Å². The number of aromatic nitrogens is 1. The van der Waals surface area contributed by atoms with E-state index >= 15 is 0 Å². The lowest BCUT2D eigenvalue weighted by atomic mass is 10.0. The Labute approximate surface area is 102 Å². The molecular formula is C14H19N3. The Hall–Kier alpha value is -1.32. The van der Waals surface area contributed by atoms with Gasteiger partial charge in [-0.1, -0.05) is 18.2 Å². The molecule has 2 aromatic rings. The number of benzene rings is 1. The van der Waals surface area contributed by atoms with Crippen LogP contribution in [0.4, 0.5) is 0 Å². The quantitative estimate of drug-likeness (QED) is 0.831. The summed E-state index contributed by atoms with van der Waals surface area (Å²) in [4.78, 5) is 0. The highest BCUT2D eigenvalue weighted by molar-refractivity contribution is 5.83. The summed E-state index contributed by atoms with van der Waals surface area (Å²) in [5.41, 5.74) is 2.71. The van der Waals surface area contributed by atoms with E-state index < -0.39 is 0 Å². The third kappa shape index (κ3) is 2.08. The topological polar surface area (TPSA) is 29.0 Å². The van der Waals surface area contributed by atoms with Crippen LogP contribution in [0.15, 0.2) is 30.5 Å². The minimum Gasteiger partial charge on any atom is -0.350 e. The summed E-state index contributed by atoms with van der Waals surface area (Å²) in [6.45, 7) is 4.43. The number of nitrogens with zero attached hydrogens (tertiary/aromatic N) is 1. The highest BCUT2D eigenvalue weighted by atomic mass is 15.0. The third-order valence-corrected chi connectivity index (χ3v) is 3.59. The number of aryl methyl sites for hydroxylation is 1. The first-order valence-electron chi connectivity index (χ1n) is 6.29. The lowest BCUT2D eigenvalue weighted by molar-refractivity contribution is 0.331. The SMILES string of the molecule is Cn1cc(CNCC2CNC2)c2ccccc21. The van der Waals surface area contributed by atoms with E-state index in [2.05, 4.69) is 52.7 Å². The van der Waals surface area contributed by atoms with Crippen LogP contribution in [0.1, 0.15) is 5.56 Å². The zero-order chi connectivity index (χ0) is 11.7. The number of fused-ring (bicyclic) bond motifs is 1. The van der Waals surface area contributed by atoms with E-state index in [1.54, 1.807) is 0 Å². The Bertz CT molecular complexity index is 511. The average molecular weight is 229 g/mol. The second-order valence-electron chi connectivity index (χ2n) is 4.94. The molecule has 2 heterocycles. The molecule has 17 heavy (non-hydrogen) atoms. The molecule has 1 aromatic carbocycles. The number of para-hydroxylation sites is 1. The van der Waals surface area contributed by atoms with Crippen molar-refractivity contribution in [2.75, 3.05) is 19.6 Å². The van der Waals surface area contributed by atoms with Gasteiger partial charge in [0.1, 0.15) is 0 Å². The van der Waals surface area contributed by atoms with E-state index in [0.29, 0.717) is 0 Å². The summed E-state index contributed by atoms with van der Waals surface area (Å²) in [7, 11) is 2.11. The van der Waals surface area contributed by atoms with Crippen LogP contribution in [0.25, 0.3) is 10.9 Å². The fraction of sp³-hybridized carbons (Fsp3) is 0.429. The number of hydrogen-bond donors (Lipinski definition) is 2. The van der Waals surface area contributed by atoms with Crippen LogP contribution in [0.5, 0.6) is 0 Å². The molecule has 1 aromatic heterocycles. The van der Waals surface area contributed by atoms with Crippen LogP contribution < -0.4 is 10.6 Å². The van der Waals surface area contributed by atoms with Crippen molar-refractivity contribution in [3.63, 3.8) is 0 Å². The second-order valence-corrected chi connectivity index (χ2v) is 4.94. The highest BCUT2D eigenvalue weighted by Gasteiger charge is 2.15. The number of nitrogens with one attached hydrogen (secondary N) is 2. The van der Waals surface area contributed by atoms with Gasteiger partial charge in [-0.3, -0.25) is 0 Å². The van der Waals surface area contributed by atoms with Crippen molar-refractivity contribution in [2.24, 2.45) is 13.0 Å². The summed E-state index contributed by atoms with van der Waals surface area (Å²) >= 11 is 0. The zero-order valence-corrected chi connectivity index (χ0v) is 10.2. The molecule has 3 rings (SSSR count). The molecule has 2 N–H and O–H groups in total. The molecule has 0 saturated carbocycles. The maximum Gasteiger partial charge on any atom is 0.0481 e. The first-order valence-corrected chi connectivity index (χ1v) is 6.29. The molecule has 0 aliphatic carbocycles. The predicted molar refractivity (Wildman–Crippen MR) is 71.0 cm³/mol. The molecular weight excluding hydrogens is 210 g/mol. The lowest BCUT2D eigenvalue weighted by Gasteiger charge is -2.27. The van der Waals surface area contributed by atoms with Crippen molar-refractivity contribution in [3.05, 3.63) is 36.0 Å². The van der Waals surface area contributed by atoms with E-state index in [-0.39, 0.29) is 0 Å². The summed E-state index contributed by atoms with van der Waals surface area (Å²) in [5.74, 6) is 0.824. The van der Waals surface area contributed by atoms with Crippen molar-refractivity contribution in [3.8, 4) is 0 Å². The first-order chi connectivity index (χ1) is 8.34. The fourth-order valence-electron chi connectivity index (χ4n) is 2.47. The second kappa shape index (κ2) is 4.51. The van der Waals surface area contributed by atoms with Gasteiger partial charge in [0.2, 0.25) is 0 Å². The molecule has 1 aliphatic heterocycles. The molecule has 90 valence electrons. The lowest BCUT2D eigenvalue weighted by Crippen LogP contribution is -2.47. The van der Waals surface area contributed by atoms with E-state index in [1.807, 2.05) is 0 Å². The van der Waals surface area contributed by atoms with Crippen LogP contribution in [0.3, 0.4) is 0 Å². The monoisotopic (exact) mass is 229 g/mol. The molecule has 0 spiro atoms. The maximum absolute atomic E-state index is 3.56. The fourth-order valence-corrected chi connectivity index (χ4v) is 2.47. The molecule has 0 atom stereocenters. The molecule has 1 saturated heterocycles. The number of rotatable bonds is 4. The summed E-state index contributed by atoms with van der Waals surface area (Å²) in [6.07, 6.45) is 2.23. The molecule has 0 unspecified atom stereocenters. The van der Waals surface area contributed by atoms with Gasteiger partial charge >= 0.3 is 0 Å². The van der Waals surface area contributed by atoms with Crippen LogP contribution in [0, 0.1) is 5.92 Å². The van der Waals surface area contributed by atoms with Crippen molar-refractivity contribution in [2.45, 2.75) is 6.54 Å². The normalized spacial score (nSPS) is 16.3. The Morgan fingerprint density at radius 1 is 1.35 bits per heavy atom. The molecule has 0 amide bonds. The highest BCUT2D eigenvalue weighted by Crippen LogP contribution is 2.19. The summed E-state index contributed by atoms with van der Waals surface area (Å²) in [6, 6.07) is 8.59. The minimum absolute atomic E-state index is 0.824. The van der Waals surface area contributed by atoms with Gasteiger partial charge < -0.3 is 15.2 Å². The third-order valence-electron chi connectivity index (χ3n) is 3.59. The summed E-state index contributed by atoms with van der Waals surface area (Å²) in [5, 5.41) is 8.22. The van der Waals surface area contributed by atoms with Gasteiger partial charge in [0.05, 0.1) is 0 Å². The van der Waals surface area contributed by atoms with Gasteiger partial charge in [-0.05, 0) is 17.5 Å². The smallest absolute Gasteiger partial charge is 0.0481 e. The Balaban J connectivity index is 1.71. The van der Waals surface area contributed by atoms with Crippen molar-refractivity contribution < 1.29 is 0 Å². The minimum atomic E-state index is 0.824. The standard InChI is InChI=1S/C14H19N3/c1-17-10-12(9-16-8-11-6-15-7-11)13-4-2-3-5-14(13)17/h2-5,10-11,15-16H,6-9H2,1H3. The van der Waals surface area contributed by atoms with Gasteiger partial charge in [-0.2, -0.15) is 0 Å². The van der Waals surface area contributed by atoms with Crippen molar-refractivity contribution >= 4 is 10.9 Å². The van der Waals surface area contributed by atoms with Crippen LogP contribution >= 0.6 is 0 Å². The predicted octanol–water partition coefficient (Wildman–Crippen LogP) is 1.49. The first kappa shape index (κ1) is 10.8. The van der Waals surface area contributed by atoms with E-state index in [0.717, 1.165) is 19.0 Å². The molecule has 1 aliphatic rings. The van der Waals surface area contributed by atoms with E-state index in [1.165, 1.54) is 29.6 Å². The Kier molecular flexibility index (Phi) is 2.87. The average Bonchev–Trinajstić information content (AvgIpc) is 2.60. The van der Waals surface area contributed by atoms with E-state index in [4.69, 9.17) is 0 Å². The summed E-state index contributed by atoms with van der Waals surface area (Å²) < 4.78 is 2.21. The van der Waals surface area contributed by atoms with Gasteiger partial charge in [0.15, 0.2) is 0 Å². The van der Waals surface area contributed by atoms with Crippen LogP contribution in [-0.2, 0) is 13.6 Å². The maximum atomic E-state index is 3.56. The molecule has 1 fully saturated rings. The Morgan fingerprint density at radius 2 is 2.18 bits per heavy atom. The number of hydrogen-bond acceptors (Lipinski definition) is 2. The zero-order valence-electron chi connectivity index (χ0n) is 10.2. The van der Waals surface area contributed by atoms with Gasteiger partial charge in [0.25, 0.3) is 0 Å². The molecule has 0 bridgehead atoms. The molecule has 3 nitrogen and oxygen atoms in total. The van der Waals surface area contributed by atoms with Gasteiger partial charge in [-0.25, -0.2) is 0 Å².